The topological polar surface area (TPSA) is 62.4 Å². The number of hydrogen-bond acceptors (Lipinski definition) is 4. The van der Waals surface area contributed by atoms with E-state index in [0.29, 0.717) is 12.6 Å². The molecular weight excluding hydrogens is 226 g/mol. The lowest BCUT2D eigenvalue weighted by Crippen LogP contribution is -2.46. The highest BCUT2D eigenvalue weighted by atomic mass is 16.3. The van der Waals surface area contributed by atoms with E-state index in [1.807, 2.05) is 18.3 Å². The van der Waals surface area contributed by atoms with Crippen molar-refractivity contribution in [1.29, 1.82) is 0 Å². The minimum atomic E-state index is -0.623. The maximum atomic E-state index is 10.1. The minimum absolute atomic E-state index is 0.379. The third-order valence-electron chi connectivity index (χ3n) is 4.03. The molecule has 0 aromatic carbocycles. The Morgan fingerprint density at radius 3 is 2.72 bits per heavy atom. The second-order valence-corrected chi connectivity index (χ2v) is 5.40. The Morgan fingerprint density at radius 1 is 1.44 bits per heavy atom. The average Bonchev–Trinajstić information content (AvgIpc) is 2.40. The smallest absolute Gasteiger partial charge is 0.0770 e. The molecule has 3 N–H and O–H groups in total. The normalized spacial score (nSPS) is 28.6. The van der Waals surface area contributed by atoms with Gasteiger partial charge in [0.15, 0.2) is 0 Å². The van der Waals surface area contributed by atoms with Crippen LogP contribution in [0.2, 0.25) is 0 Å². The van der Waals surface area contributed by atoms with Gasteiger partial charge in [0.25, 0.3) is 0 Å². The molecule has 18 heavy (non-hydrogen) atoms. The molecule has 1 aliphatic carbocycles. The second kappa shape index (κ2) is 5.78. The lowest BCUT2D eigenvalue weighted by atomic mass is 9.82. The summed E-state index contributed by atoms with van der Waals surface area (Å²) < 4.78 is 0. The second-order valence-electron chi connectivity index (χ2n) is 5.40. The first kappa shape index (κ1) is 13.5. The molecule has 0 radical (unpaired) electrons. The summed E-state index contributed by atoms with van der Waals surface area (Å²) in [5.74, 6) is 0. The molecule has 1 saturated carbocycles. The first-order valence-corrected chi connectivity index (χ1v) is 6.65. The number of aromatic nitrogens is 1. The molecule has 0 atom stereocenters. The van der Waals surface area contributed by atoms with Crippen molar-refractivity contribution in [2.24, 2.45) is 5.73 Å². The van der Waals surface area contributed by atoms with Gasteiger partial charge in [-0.1, -0.05) is 6.07 Å². The fourth-order valence-electron chi connectivity index (χ4n) is 2.66. The van der Waals surface area contributed by atoms with Gasteiger partial charge in [0, 0.05) is 25.3 Å². The predicted octanol–water partition coefficient (Wildman–Crippen LogP) is 1.15. The number of hydrogen-bond donors (Lipinski definition) is 2. The molecule has 0 amide bonds. The highest BCUT2D eigenvalue weighted by Crippen LogP contribution is 2.30. The van der Waals surface area contributed by atoms with Crippen molar-refractivity contribution in [3.63, 3.8) is 0 Å². The van der Waals surface area contributed by atoms with Crippen LogP contribution in [0.15, 0.2) is 24.4 Å². The van der Waals surface area contributed by atoms with Crippen LogP contribution in [0.1, 0.15) is 31.4 Å². The summed E-state index contributed by atoms with van der Waals surface area (Å²) in [6.07, 6.45) is 5.47. The van der Waals surface area contributed by atoms with Crippen LogP contribution in [0, 0.1) is 0 Å². The van der Waals surface area contributed by atoms with Gasteiger partial charge >= 0.3 is 0 Å². The van der Waals surface area contributed by atoms with Crippen molar-refractivity contribution in [3.05, 3.63) is 30.1 Å². The third-order valence-corrected chi connectivity index (χ3v) is 4.03. The van der Waals surface area contributed by atoms with Crippen molar-refractivity contribution in [2.75, 3.05) is 13.6 Å². The summed E-state index contributed by atoms with van der Waals surface area (Å²) in [4.78, 5) is 6.68. The zero-order valence-electron chi connectivity index (χ0n) is 11.0. The molecule has 0 aliphatic heterocycles. The van der Waals surface area contributed by atoms with E-state index in [1.54, 1.807) is 0 Å². The molecule has 1 aliphatic rings. The summed E-state index contributed by atoms with van der Waals surface area (Å²) in [7, 11) is 2.13. The summed E-state index contributed by atoms with van der Waals surface area (Å²) in [6.45, 7) is 1.25. The van der Waals surface area contributed by atoms with Crippen LogP contribution in [0.4, 0.5) is 0 Å². The first-order valence-electron chi connectivity index (χ1n) is 6.65. The summed E-state index contributed by atoms with van der Waals surface area (Å²) in [5, 5.41) is 10.1. The van der Waals surface area contributed by atoms with E-state index in [-0.39, 0.29) is 0 Å². The van der Waals surface area contributed by atoms with Crippen LogP contribution in [0.3, 0.4) is 0 Å². The van der Waals surface area contributed by atoms with Gasteiger partial charge in [-0.15, -0.1) is 0 Å². The number of nitrogens with zero attached hydrogens (tertiary/aromatic N) is 2. The van der Waals surface area contributed by atoms with Gasteiger partial charge < -0.3 is 10.8 Å². The zero-order valence-corrected chi connectivity index (χ0v) is 11.0. The van der Waals surface area contributed by atoms with Crippen molar-refractivity contribution < 1.29 is 5.11 Å². The fraction of sp³-hybridized carbons (Fsp3) is 0.643. The fourth-order valence-corrected chi connectivity index (χ4v) is 2.66. The van der Waals surface area contributed by atoms with Crippen LogP contribution in [0.5, 0.6) is 0 Å². The van der Waals surface area contributed by atoms with Crippen LogP contribution < -0.4 is 5.73 Å². The monoisotopic (exact) mass is 249 g/mol. The van der Waals surface area contributed by atoms with Crippen LogP contribution in [0.25, 0.3) is 0 Å². The Hall–Kier alpha value is -0.970. The van der Waals surface area contributed by atoms with Crippen LogP contribution in [-0.2, 0) is 6.54 Å². The van der Waals surface area contributed by atoms with E-state index in [2.05, 4.69) is 23.0 Å². The minimum Gasteiger partial charge on any atom is -0.389 e. The van der Waals surface area contributed by atoms with Gasteiger partial charge in [0.05, 0.1) is 11.3 Å². The zero-order chi connectivity index (χ0) is 13.0. The summed E-state index contributed by atoms with van der Waals surface area (Å²) in [6, 6.07) is 6.53. The molecule has 100 valence electrons. The quantitative estimate of drug-likeness (QED) is 0.840. The Balaban J connectivity index is 1.86. The van der Waals surface area contributed by atoms with E-state index in [0.717, 1.165) is 37.9 Å². The highest BCUT2D eigenvalue weighted by molar-refractivity contribution is 5.03. The van der Waals surface area contributed by atoms with E-state index in [1.165, 1.54) is 0 Å². The molecule has 1 aromatic heterocycles. The van der Waals surface area contributed by atoms with Crippen molar-refractivity contribution >= 4 is 0 Å². The van der Waals surface area contributed by atoms with E-state index < -0.39 is 5.60 Å². The van der Waals surface area contributed by atoms with Gasteiger partial charge in [0.1, 0.15) is 0 Å². The molecule has 4 nitrogen and oxygen atoms in total. The number of pyridine rings is 1. The van der Waals surface area contributed by atoms with Gasteiger partial charge in [-0.25, -0.2) is 0 Å². The first-order chi connectivity index (χ1) is 8.63. The van der Waals surface area contributed by atoms with Crippen molar-refractivity contribution in [3.8, 4) is 0 Å². The summed E-state index contributed by atoms with van der Waals surface area (Å²) >= 11 is 0. The SMILES string of the molecule is CN(Cc1ccccn1)C1CCC(O)(CN)CC1. The molecule has 1 aromatic rings. The highest BCUT2D eigenvalue weighted by Gasteiger charge is 2.33. The van der Waals surface area contributed by atoms with Gasteiger partial charge in [-0.3, -0.25) is 9.88 Å². The molecule has 0 unspecified atom stereocenters. The predicted molar refractivity (Wildman–Crippen MR) is 72.0 cm³/mol. The van der Waals surface area contributed by atoms with Gasteiger partial charge in [-0.2, -0.15) is 0 Å². The standard InChI is InChI=1S/C14H23N3O/c1-17(10-12-4-2-3-9-16-12)13-5-7-14(18,11-15)8-6-13/h2-4,9,13,18H,5-8,10-11,15H2,1H3. The Kier molecular flexibility index (Phi) is 4.32. The molecule has 0 saturated heterocycles. The van der Waals surface area contributed by atoms with E-state index in [4.69, 9.17) is 5.73 Å². The van der Waals surface area contributed by atoms with E-state index >= 15 is 0 Å². The number of nitrogens with two attached hydrogens (primary N) is 1. The van der Waals surface area contributed by atoms with Gasteiger partial charge in [-0.05, 0) is 44.9 Å². The van der Waals surface area contributed by atoms with Crippen LogP contribution >= 0.6 is 0 Å². The Morgan fingerprint density at radius 2 is 2.17 bits per heavy atom. The van der Waals surface area contributed by atoms with Gasteiger partial charge in [0.2, 0.25) is 0 Å². The molecule has 1 heterocycles. The molecule has 4 heteroatoms. The molecule has 0 spiro atoms. The largest absolute Gasteiger partial charge is 0.389 e. The third kappa shape index (κ3) is 3.28. The lowest BCUT2D eigenvalue weighted by molar-refractivity contribution is -0.0105. The molecule has 2 rings (SSSR count). The average molecular weight is 249 g/mol. The van der Waals surface area contributed by atoms with Crippen molar-refractivity contribution in [2.45, 2.75) is 43.9 Å². The number of rotatable bonds is 4. The maximum absolute atomic E-state index is 10.1. The van der Waals surface area contributed by atoms with Crippen LogP contribution in [-0.4, -0.2) is 40.2 Å². The lowest BCUT2D eigenvalue weighted by Gasteiger charge is -2.38. The maximum Gasteiger partial charge on any atom is 0.0770 e. The van der Waals surface area contributed by atoms with Crippen molar-refractivity contribution in [1.82, 2.24) is 9.88 Å². The molecule has 0 bridgehead atoms. The van der Waals surface area contributed by atoms with E-state index in [9.17, 15) is 5.11 Å². The molecule has 1 fully saturated rings. The Bertz CT molecular complexity index is 361. The summed E-state index contributed by atoms with van der Waals surface area (Å²) in [5.41, 5.74) is 6.08. The number of aliphatic hydroxyl groups is 1. The Labute approximate surface area is 109 Å². The molecular formula is C14H23N3O.